The van der Waals surface area contributed by atoms with E-state index in [1.54, 1.807) is 12.3 Å². The third-order valence-corrected chi connectivity index (χ3v) is 6.61. The number of benzene rings is 5. The summed E-state index contributed by atoms with van der Waals surface area (Å²) < 4.78 is 21.6. The molecule has 0 aliphatic heterocycles. The van der Waals surface area contributed by atoms with Gasteiger partial charge in [-0.05, 0) is 82.8 Å². The van der Waals surface area contributed by atoms with E-state index in [0.29, 0.717) is 10.5 Å². The molecule has 1 atom stereocenters. The second kappa shape index (κ2) is 7.80. The van der Waals surface area contributed by atoms with Gasteiger partial charge in [0.05, 0.1) is 10.4 Å². The Balaban J connectivity index is 1.63. The molecule has 5 aromatic carbocycles. The van der Waals surface area contributed by atoms with E-state index in [-0.39, 0.29) is 5.54 Å². The highest BCUT2D eigenvalue weighted by Gasteiger charge is 2.13. The summed E-state index contributed by atoms with van der Waals surface area (Å²) in [5.41, 5.74) is 2.77. The van der Waals surface area contributed by atoms with Crippen LogP contribution in [0.1, 0.15) is 37.5 Å². The van der Waals surface area contributed by atoms with E-state index in [0.717, 1.165) is 12.0 Å². The minimum atomic E-state index is -2.06. The van der Waals surface area contributed by atoms with E-state index in [9.17, 15) is 8.76 Å². The molecule has 0 amide bonds. The molecule has 0 aromatic heterocycles. The maximum absolute atomic E-state index is 11.8. The predicted molar refractivity (Wildman–Crippen MR) is 136 cm³/mol. The van der Waals surface area contributed by atoms with Gasteiger partial charge in [0.2, 0.25) is 0 Å². The molecule has 0 saturated carbocycles. The number of rotatable bonds is 4. The molecule has 32 heavy (non-hydrogen) atoms. The molecule has 3 nitrogen and oxygen atoms in total. The first-order valence-corrected chi connectivity index (χ1v) is 11.9. The van der Waals surface area contributed by atoms with Gasteiger partial charge in [-0.3, -0.25) is 4.99 Å². The molecule has 160 valence electrons. The average Bonchev–Trinajstić information content (AvgIpc) is 2.76. The molecule has 4 heteroatoms. The van der Waals surface area contributed by atoms with Crippen LogP contribution in [0.4, 0.5) is 0 Å². The van der Waals surface area contributed by atoms with Gasteiger partial charge in [0.1, 0.15) is 0 Å². The van der Waals surface area contributed by atoms with Gasteiger partial charge in [-0.25, -0.2) is 4.21 Å². The van der Waals surface area contributed by atoms with E-state index < -0.39 is 11.1 Å². The van der Waals surface area contributed by atoms with Gasteiger partial charge in [0, 0.05) is 11.8 Å². The Morgan fingerprint density at radius 1 is 0.875 bits per heavy atom. The lowest BCUT2D eigenvalue weighted by molar-refractivity contribution is 0.563. The largest absolute Gasteiger partial charge is 0.302 e. The Morgan fingerprint density at radius 3 is 2.22 bits per heavy atom. The van der Waals surface area contributed by atoms with Crippen molar-refractivity contribution in [3.05, 3.63) is 89.5 Å². The molecule has 1 unspecified atom stereocenters. The first-order valence-electron chi connectivity index (χ1n) is 10.7. The number of aliphatic imine (C=N–C) groups is 1. The van der Waals surface area contributed by atoms with E-state index in [1.807, 2.05) is 32.9 Å². The fourth-order valence-electron chi connectivity index (χ4n) is 4.40. The zero-order chi connectivity index (χ0) is 22.5. The summed E-state index contributed by atoms with van der Waals surface area (Å²) in [5, 5.41) is 7.64. The number of hydrogen-bond donors (Lipinski definition) is 1. The first-order chi connectivity index (χ1) is 15.3. The molecular weight excluding hydrogens is 414 g/mol. The highest BCUT2D eigenvalue weighted by atomic mass is 32.2. The van der Waals surface area contributed by atoms with Gasteiger partial charge < -0.3 is 4.55 Å². The van der Waals surface area contributed by atoms with Crippen LogP contribution in [0.15, 0.2) is 82.7 Å². The summed E-state index contributed by atoms with van der Waals surface area (Å²) in [5.74, 6) is 0. The summed E-state index contributed by atoms with van der Waals surface area (Å²) in [7, 11) is 0. The minimum absolute atomic E-state index is 0.254. The topological polar surface area (TPSA) is 49.7 Å². The van der Waals surface area contributed by atoms with Crippen molar-refractivity contribution in [2.75, 3.05) is 0 Å². The van der Waals surface area contributed by atoms with E-state index in [2.05, 4.69) is 59.6 Å². The maximum Gasteiger partial charge on any atom is 0.187 e. The molecule has 0 heterocycles. The fraction of sp³-hybridized carbons (Fsp3) is 0.179. The molecule has 0 spiro atoms. The quantitative estimate of drug-likeness (QED) is 0.187. The molecule has 5 rings (SSSR count). The predicted octanol–water partition coefficient (Wildman–Crippen LogP) is 6.97. The Kier molecular flexibility index (Phi) is 5.07. The van der Waals surface area contributed by atoms with Crippen LogP contribution in [-0.2, 0) is 17.5 Å². The Bertz CT molecular complexity index is 1500. The van der Waals surface area contributed by atoms with Crippen LogP contribution in [0.3, 0.4) is 0 Å². The molecule has 0 radical (unpaired) electrons. The van der Waals surface area contributed by atoms with Gasteiger partial charge in [0.25, 0.3) is 0 Å². The van der Waals surface area contributed by atoms with Crippen LogP contribution in [0.5, 0.6) is 0 Å². The van der Waals surface area contributed by atoms with Gasteiger partial charge in [-0.1, -0.05) is 60.7 Å². The Morgan fingerprint density at radius 2 is 1.53 bits per heavy atom. The number of nitrogens with zero attached hydrogens (tertiary/aromatic N) is 1. The van der Waals surface area contributed by atoms with Crippen molar-refractivity contribution in [2.45, 2.75) is 37.6 Å². The van der Waals surface area contributed by atoms with E-state index in [1.165, 1.54) is 37.9 Å². The third kappa shape index (κ3) is 3.81. The van der Waals surface area contributed by atoms with Crippen LogP contribution in [0.2, 0.25) is 0 Å². The molecule has 0 bridgehead atoms. The normalized spacial score (nSPS) is 13.6. The second-order valence-electron chi connectivity index (χ2n) is 9.31. The van der Waals surface area contributed by atoms with Crippen LogP contribution < -0.4 is 0 Å². The summed E-state index contributed by atoms with van der Waals surface area (Å²) >= 11 is -2.06. The molecule has 0 aliphatic rings. The standard InChI is InChI=1S/C28H25NO2S/c1-28(2,3)29-17-23-16-18(7-14-25(23)32(30)31)15-22-11-10-21-9-8-19-5-4-6-20-12-13-24(22)27(21)26(19)20/h4-14,16-17H,15H2,1-3H3,(H,30,31). The summed E-state index contributed by atoms with van der Waals surface area (Å²) in [4.78, 5) is 4.94. The van der Waals surface area contributed by atoms with Crippen LogP contribution in [-0.4, -0.2) is 20.5 Å². The van der Waals surface area contributed by atoms with Crippen molar-refractivity contribution in [3.8, 4) is 0 Å². The minimum Gasteiger partial charge on any atom is -0.302 e. The highest BCUT2D eigenvalue weighted by Crippen LogP contribution is 2.36. The first kappa shape index (κ1) is 20.8. The maximum atomic E-state index is 11.8. The smallest absolute Gasteiger partial charge is 0.187 e. The lowest BCUT2D eigenvalue weighted by Crippen LogP contribution is -2.10. The molecule has 1 N–H and O–H groups in total. The van der Waals surface area contributed by atoms with Gasteiger partial charge >= 0.3 is 0 Å². The van der Waals surface area contributed by atoms with Crippen molar-refractivity contribution in [1.82, 2.24) is 0 Å². The molecule has 0 saturated heterocycles. The molecule has 5 aromatic rings. The lowest BCUT2D eigenvalue weighted by atomic mass is 9.90. The van der Waals surface area contributed by atoms with Crippen molar-refractivity contribution in [1.29, 1.82) is 0 Å². The molecule has 0 fully saturated rings. The monoisotopic (exact) mass is 439 g/mol. The zero-order valence-corrected chi connectivity index (χ0v) is 19.2. The van der Waals surface area contributed by atoms with Crippen molar-refractivity contribution < 1.29 is 8.76 Å². The van der Waals surface area contributed by atoms with Gasteiger partial charge in [-0.2, -0.15) is 0 Å². The van der Waals surface area contributed by atoms with Crippen LogP contribution >= 0.6 is 0 Å². The van der Waals surface area contributed by atoms with Crippen LogP contribution in [0.25, 0.3) is 32.3 Å². The van der Waals surface area contributed by atoms with Gasteiger partial charge in [0.15, 0.2) is 11.1 Å². The van der Waals surface area contributed by atoms with Gasteiger partial charge in [-0.15, -0.1) is 0 Å². The molecule has 0 aliphatic carbocycles. The van der Waals surface area contributed by atoms with Crippen molar-refractivity contribution in [3.63, 3.8) is 0 Å². The fourth-order valence-corrected chi connectivity index (χ4v) is 4.90. The van der Waals surface area contributed by atoms with Crippen molar-refractivity contribution in [2.24, 2.45) is 4.99 Å². The second-order valence-corrected chi connectivity index (χ2v) is 10.2. The zero-order valence-electron chi connectivity index (χ0n) is 18.4. The SMILES string of the molecule is CC(C)(C)N=Cc1cc(Cc2ccc3ccc4cccc5ccc2c3c45)ccc1S(=O)O. The summed E-state index contributed by atoms with van der Waals surface area (Å²) in [6.45, 7) is 6.02. The lowest BCUT2D eigenvalue weighted by Gasteiger charge is -2.15. The summed E-state index contributed by atoms with van der Waals surface area (Å²) in [6, 6.07) is 25.3. The third-order valence-electron chi connectivity index (χ3n) is 5.87. The average molecular weight is 440 g/mol. The van der Waals surface area contributed by atoms with Crippen LogP contribution in [0, 0.1) is 0 Å². The number of hydrogen-bond acceptors (Lipinski definition) is 2. The van der Waals surface area contributed by atoms with E-state index in [4.69, 9.17) is 0 Å². The van der Waals surface area contributed by atoms with E-state index >= 15 is 0 Å². The van der Waals surface area contributed by atoms with Crippen molar-refractivity contribution >= 4 is 49.6 Å². The summed E-state index contributed by atoms with van der Waals surface area (Å²) in [6.07, 6.45) is 2.46. The highest BCUT2D eigenvalue weighted by molar-refractivity contribution is 7.79. The Hall–Kier alpha value is -3.08. The molecular formula is C28H25NO2S. The Labute approximate surface area is 190 Å².